The van der Waals surface area contributed by atoms with Crippen LogP contribution in [0.15, 0.2) is 67.4 Å². The van der Waals surface area contributed by atoms with E-state index >= 15 is 0 Å². The van der Waals surface area contributed by atoms with Gasteiger partial charge in [0.1, 0.15) is 5.69 Å². The lowest BCUT2D eigenvalue weighted by atomic mass is 10.2. The summed E-state index contributed by atoms with van der Waals surface area (Å²) in [5.74, 6) is -0.201. The quantitative estimate of drug-likeness (QED) is 0.796. The maximum Gasteiger partial charge on any atom is 0.270 e. The Morgan fingerprint density at radius 2 is 2.00 bits per heavy atom. The van der Waals surface area contributed by atoms with Crippen molar-refractivity contribution < 1.29 is 4.79 Å². The highest BCUT2D eigenvalue weighted by Gasteiger charge is 2.08. The minimum Gasteiger partial charge on any atom is -0.347 e. The van der Waals surface area contributed by atoms with Crippen LogP contribution in [-0.2, 0) is 6.54 Å². The monoisotopic (exact) mass is 278 g/mol. The standard InChI is InChI=1S/C16H14N4O/c21-16(19-12-13-4-3-6-17-11-13)15-10-14(5-7-18-15)20-8-1-2-9-20/h1-11H,12H2,(H,19,21). The zero-order valence-electron chi connectivity index (χ0n) is 11.3. The van der Waals surface area contributed by atoms with Gasteiger partial charge < -0.3 is 9.88 Å². The Morgan fingerprint density at radius 3 is 2.76 bits per heavy atom. The summed E-state index contributed by atoms with van der Waals surface area (Å²) in [6, 6.07) is 11.2. The van der Waals surface area contributed by atoms with Crippen LogP contribution in [0.4, 0.5) is 0 Å². The molecule has 5 heteroatoms. The molecule has 0 aliphatic heterocycles. The van der Waals surface area contributed by atoms with Gasteiger partial charge in [0.05, 0.1) is 0 Å². The van der Waals surface area contributed by atoms with Crippen molar-refractivity contribution in [1.82, 2.24) is 19.9 Å². The van der Waals surface area contributed by atoms with E-state index in [-0.39, 0.29) is 5.91 Å². The average molecular weight is 278 g/mol. The maximum absolute atomic E-state index is 12.1. The van der Waals surface area contributed by atoms with E-state index in [9.17, 15) is 4.79 Å². The Hall–Kier alpha value is -2.95. The van der Waals surface area contributed by atoms with E-state index in [1.165, 1.54) is 0 Å². The van der Waals surface area contributed by atoms with Gasteiger partial charge in [0, 0.05) is 43.2 Å². The van der Waals surface area contributed by atoms with E-state index in [0.717, 1.165) is 11.3 Å². The minimum absolute atomic E-state index is 0.201. The molecule has 5 nitrogen and oxygen atoms in total. The second-order valence-electron chi connectivity index (χ2n) is 4.53. The first-order valence-corrected chi connectivity index (χ1v) is 6.59. The third-order valence-corrected chi connectivity index (χ3v) is 3.05. The molecule has 0 fully saturated rings. The lowest BCUT2D eigenvalue weighted by molar-refractivity contribution is 0.0946. The fraction of sp³-hybridized carbons (Fsp3) is 0.0625. The number of carbonyl (C=O) groups excluding carboxylic acids is 1. The first kappa shape index (κ1) is 13.1. The van der Waals surface area contributed by atoms with Gasteiger partial charge in [-0.25, -0.2) is 0 Å². The van der Waals surface area contributed by atoms with Gasteiger partial charge in [0.2, 0.25) is 0 Å². The molecule has 0 saturated heterocycles. The van der Waals surface area contributed by atoms with Crippen molar-refractivity contribution in [3.8, 4) is 5.69 Å². The van der Waals surface area contributed by atoms with Crippen LogP contribution in [0.5, 0.6) is 0 Å². The van der Waals surface area contributed by atoms with Gasteiger partial charge in [0.25, 0.3) is 5.91 Å². The number of amides is 1. The van der Waals surface area contributed by atoms with Crippen molar-refractivity contribution in [3.63, 3.8) is 0 Å². The van der Waals surface area contributed by atoms with Crippen molar-refractivity contribution in [2.75, 3.05) is 0 Å². The number of nitrogens with zero attached hydrogens (tertiary/aromatic N) is 3. The average Bonchev–Trinajstić information content (AvgIpc) is 3.08. The van der Waals surface area contributed by atoms with E-state index in [0.29, 0.717) is 12.2 Å². The van der Waals surface area contributed by atoms with E-state index in [1.54, 1.807) is 24.7 Å². The molecule has 3 aromatic heterocycles. The molecule has 0 radical (unpaired) electrons. The van der Waals surface area contributed by atoms with Gasteiger partial charge in [-0.15, -0.1) is 0 Å². The summed E-state index contributed by atoms with van der Waals surface area (Å²) >= 11 is 0. The highest BCUT2D eigenvalue weighted by molar-refractivity contribution is 5.92. The molecular weight excluding hydrogens is 264 g/mol. The topological polar surface area (TPSA) is 59.8 Å². The highest BCUT2D eigenvalue weighted by atomic mass is 16.1. The van der Waals surface area contributed by atoms with Crippen LogP contribution in [0.3, 0.4) is 0 Å². The molecule has 1 amide bonds. The van der Waals surface area contributed by atoms with Gasteiger partial charge >= 0.3 is 0 Å². The second kappa shape index (κ2) is 6.00. The first-order valence-electron chi connectivity index (χ1n) is 6.59. The van der Waals surface area contributed by atoms with Crippen molar-refractivity contribution in [2.45, 2.75) is 6.54 Å². The zero-order chi connectivity index (χ0) is 14.5. The van der Waals surface area contributed by atoms with Crippen molar-refractivity contribution in [2.24, 2.45) is 0 Å². The molecule has 0 aliphatic rings. The Bertz CT molecular complexity index is 723. The number of hydrogen-bond donors (Lipinski definition) is 1. The SMILES string of the molecule is O=C(NCc1cccnc1)c1cc(-n2cccc2)ccn1. The molecule has 0 unspecified atom stereocenters. The third kappa shape index (κ3) is 3.14. The van der Waals surface area contributed by atoms with Crippen LogP contribution in [0.1, 0.15) is 16.1 Å². The summed E-state index contributed by atoms with van der Waals surface area (Å²) in [6.45, 7) is 0.433. The van der Waals surface area contributed by atoms with Gasteiger partial charge in [-0.3, -0.25) is 14.8 Å². The van der Waals surface area contributed by atoms with Crippen molar-refractivity contribution >= 4 is 5.91 Å². The Kier molecular flexibility index (Phi) is 3.73. The minimum atomic E-state index is -0.201. The summed E-state index contributed by atoms with van der Waals surface area (Å²) in [7, 11) is 0. The number of rotatable bonds is 4. The predicted octanol–water partition coefficient (Wildman–Crippen LogP) is 2.20. The van der Waals surface area contributed by atoms with Crippen LogP contribution in [0, 0.1) is 0 Å². The Balaban J connectivity index is 1.72. The molecule has 21 heavy (non-hydrogen) atoms. The predicted molar refractivity (Wildman–Crippen MR) is 79.0 cm³/mol. The highest BCUT2D eigenvalue weighted by Crippen LogP contribution is 2.09. The summed E-state index contributed by atoms with van der Waals surface area (Å²) in [6.07, 6.45) is 8.91. The van der Waals surface area contributed by atoms with Crippen LogP contribution >= 0.6 is 0 Å². The van der Waals surface area contributed by atoms with E-state index in [2.05, 4.69) is 15.3 Å². The van der Waals surface area contributed by atoms with E-state index < -0.39 is 0 Å². The molecule has 0 bridgehead atoms. The lowest BCUT2D eigenvalue weighted by Crippen LogP contribution is -2.24. The molecule has 3 aromatic rings. The molecular formula is C16H14N4O. The third-order valence-electron chi connectivity index (χ3n) is 3.05. The molecule has 1 N–H and O–H groups in total. The molecule has 0 aliphatic carbocycles. The van der Waals surface area contributed by atoms with Crippen LogP contribution in [0.2, 0.25) is 0 Å². The van der Waals surface area contributed by atoms with Gasteiger partial charge in [-0.1, -0.05) is 6.07 Å². The fourth-order valence-corrected chi connectivity index (χ4v) is 1.99. The number of hydrogen-bond acceptors (Lipinski definition) is 3. The largest absolute Gasteiger partial charge is 0.347 e. The second-order valence-corrected chi connectivity index (χ2v) is 4.53. The van der Waals surface area contributed by atoms with Crippen molar-refractivity contribution in [1.29, 1.82) is 0 Å². The summed E-state index contributed by atoms with van der Waals surface area (Å²) in [5, 5.41) is 2.84. The van der Waals surface area contributed by atoms with E-state index in [4.69, 9.17) is 0 Å². The number of nitrogens with one attached hydrogen (secondary N) is 1. The van der Waals surface area contributed by atoms with Crippen LogP contribution in [-0.4, -0.2) is 20.4 Å². The molecule has 3 heterocycles. The maximum atomic E-state index is 12.1. The first-order chi connectivity index (χ1) is 10.3. The molecule has 0 saturated carbocycles. The Morgan fingerprint density at radius 1 is 1.14 bits per heavy atom. The molecule has 0 spiro atoms. The zero-order valence-corrected chi connectivity index (χ0v) is 11.3. The molecule has 104 valence electrons. The van der Waals surface area contributed by atoms with E-state index in [1.807, 2.05) is 47.3 Å². The van der Waals surface area contributed by atoms with Crippen molar-refractivity contribution in [3.05, 3.63) is 78.6 Å². The lowest BCUT2D eigenvalue weighted by Gasteiger charge is -2.07. The van der Waals surface area contributed by atoms with Gasteiger partial charge in [0.15, 0.2) is 0 Å². The summed E-state index contributed by atoms with van der Waals surface area (Å²) < 4.78 is 1.93. The fourth-order valence-electron chi connectivity index (χ4n) is 1.99. The normalized spacial score (nSPS) is 10.3. The van der Waals surface area contributed by atoms with Crippen LogP contribution < -0.4 is 5.32 Å². The van der Waals surface area contributed by atoms with Gasteiger partial charge in [-0.05, 0) is 35.9 Å². The van der Waals surface area contributed by atoms with Crippen LogP contribution in [0.25, 0.3) is 5.69 Å². The smallest absolute Gasteiger partial charge is 0.270 e. The molecule has 0 atom stereocenters. The number of pyridine rings is 2. The number of aromatic nitrogens is 3. The Labute approximate surface area is 122 Å². The van der Waals surface area contributed by atoms with Gasteiger partial charge in [-0.2, -0.15) is 0 Å². The summed E-state index contributed by atoms with van der Waals surface area (Å²) in [4.78, 5) is 20.3. The molecule has 0 aromatic carbocycles. The summed E-state index contributed by atoms with van der Waals surface area (Å²) in [5.41, 5.74) is 2.25. The number of carbonyl (C=O) groups is 1. The molecule has 3 rings (SSSR count).